The molecule has 0 unspecified atom stereocenters. The Morgan fingerprint density at radius 1 is 0.321 bits per heavy atom. The Morgan fingerprint density at radius 2 is 0.737 bits per heavy atom. The van der Waals surface area contributed by atoms with Gasteiger partial charge in [0, 0.05) is 155 Å². The molecule has 0 aliphatic rings. The van der Waals surface area contributed by atoms with Gasteiger partial charge in [-0.1, -0.05) is 443 Å². The lowest BCUT2D eigenvalue weighted by Crippen LogP contribution is -2.16. The first kappa shape index (κ1) is 132. The predicted molar refractivity (Wildman–Crippen MR) is 619 cm³/mol. The van der Waals surface area contributed by atoms with Crippen LogP contribution < -0.4 is 0 Å². The molecule has 0 atom stereocenters. The largest absolute Gasteiger partial charge is 0.440 e. The molecule has 137 heavy (non-hydrogen) atoms. The summed E-state index contributed by atoms with van der Waals surface area (Å²) in [6, 6.07) is 4.27. The van der Waals surface area contributed by atoms with Gasteiger partial charge in [0.25, 0.3) is 10.4 Å². The van der Waals surface area contributed by atoms with Crippen LogP contribution >= 0.6 is 140 Å². The third kappa shape index (κ3) is 60.2. The quantitative estimate of drug-likeness (QED) is 0.0740. The average molecular weight is 2120 g/mol. The average Bonchev–Trinajstić information content (AvgIpc) is 1.66. The normalized spacial score (nSPS) is 13.2. The molecule has 9 heterocycles. The van der Waals surface area contributed by atoms with Gasteiger partial charge in [-0.3, -0.25) is 4.68 Å². The van der Waals surface area contributed by atoms with Gasteiger partial charge in [0.2, 0.25) is 0 Å². The molecular formula is C110H195N11O4S12. The van der Waals surface area contributed by atoms with E-state index >= 15 is 0 Å². The van der Waals surface area contributed by atoms with E-state index in [1.54, 1.807) is 82.4 Å². The molecule has 0 spiro atoms. The van der Waals surface area contributed by atoms with Gasteiger partial charge >= 0.3 is 0 Å². The first-order valence-corrected chi connectivity index (χ1v) is 59.9. The fraction of sp³-hybridized carbons (Fsp3) is 0.755. The van der Waals surface area contributed by atoms with Crippen molar-refractivity contribution >= 4 is 140 Å². The lowest BCUT2D eigenvalue weighted by molar-refractivity contribution is 0.321. The molecule has 0 bridgehead atoms. The second kappa shape index (κ2) is 53.8. The minimum Gasteiger partial charge on any atom is -0.440 e. The van der Waals surface area contributed by atoms with Gasteiger partial charge in [-0.25, -0.2) is 24.9 Å². The Bertz CT molecular complexity index is 4390. The minimum atomic E-state index is 0.0491. The zero-order valence-corrected chi connectivity index (χ0v) is 107. The van der Waals surface area contributed by atoms with E-state index in [1.165, 1.54) is 46.8 Å². The summed E-state index contributed by atoms with van der Waals surface area (Å²) in [5.41, 5.74) is 11.7. The van der Waals surface area contributed by atoms with Crippen LogP contribution in [0, 0.1) is 48.7 Å². The Balaban J connectivity index is 0.000000771. The SMILES string of the molecule is CC(C)(C)CSc1cc(C(C)(C)C)on1.CC(C)(C)CSc1nc(C(C)(C)C)co1.CC(C)(C)CSc1nc(C(C)(C)C)cs1.CC(C)(C)CSc1ncc(C(C)(C)C)o1.CC(C)(C)CSc1ncc(C(C)(C)C)s1.CC(C)(C)CSc1nocc1C(C)(C)C.CC(C)(C)CSc1nscc1C(C)(C)C.Cn1c(C(C)(C)C)cnc1SCC(C)(C)C.Cn1nc(SCC(C)(C)C)cc1C(C)(C)C. The Hall–Kier alpha value is -2.70. The number of aromatic nitrogens is 11. The number of imidazole rings is 1. The molecule has 9 aromatic rings. The van der Waals surface area contributed by atoms with E-state index in [0.29, 0.717) is 48.7 Å². The number of rotatable bonds is 18. The van der Waals surface area contributed by atoms with Crippen LogP contribution in [0.4, 0.5) is 0 Å². The van der Waals surface area contributed by atoms with Crippen LogP contribution in [0.25, 0.3) is 0 Å². The Kier molecular flexibility index (Phi) is 51.9. The van der Waals surface area contributed by atoms with Gasteiger partial charge < -0.3 is 22.4 Å². The summed E-state index contributed by atoms with van der Waals surface area (Å²) in [5.74, 6) is 11.7. The molecule has 27 heteroatoms. The monoisotopic (exact) mass is 2120 g/mol. The maximum absolute atomic E-state index is 5.70. The second-order valence-corrected chi connectivity index (χ2v) is 67.6. The molecule has 786 valence electrons. The van der Waals surface area contributed by atoms with E-state index in [2.05, 4.69) is 453 Å². The highest BCUT2D eigenvalue weighted by Crippen LogP contribution is 2.42. The molecule has 9 rings (SSSR count). The maximum atomic E-state index is 5.70. The van der Waals surface area contributed by atoms with E-state index in [1.807, 2.05) is 100 Å². The number of thioether (sulfide) groups is 9. The highest BCUT2D eigenvalue weighted by Gasteiger charge is 2.31. The van der Waals surface area contributed by atoms with Crippen LogP contribution in [-0.2, 0) is 62.8 Å². The summed E-state index contributed by atoms with van der Waals surface area (Å²) in [7, 11) is 4.14. The summed E-state index contributed by atoms with van der Waals surface area (Å²) in [5, 5.41) is 24.2. The van der Waals surface area contributed by atoms with Crippen LogP contribution in [-0.4, -0.2) is 106 Å². The molecule has 0 aliphatic heterocycles. The summed E-state index contributed by atoms with van der Waals surface area (Å²) in [6.45, 7) is 120. The lowest BCUT2D eigenvalue weighted by Gasteiger charge is -2.20. The van der Waals surface area contributed by atoms with Crippen molar-refractivity contribution in [3.63, 3.8) is 0 Å². The third-order valence-corrected chi connectivity index (χ3v) is 35.2. The molecule has 0 fully saturated rings. The number of aryl methyl sites for hydroxylation is 1. The van der Waals surface area contributed by atoms with Crippen LogP contribution in [0.3, 0.4) is 0 Å². The zero-order valence-electron chi connectivity index (χ0n) is 97.0. The van der Waals surface area contributed by atoms with Gasteiger partial charge in [-0.15, -0.1) is 69.7 Å². The third-order valence-electron chi connectivity index (χ3n) is 17.9. The highest BCUT2D eigenvalue weighted by molar-refractivity contribution is 8.01. The summed E-state index contributed by atoms with van der Waals surface area (Å²) >= 11 is 21.4. The predicted octanol–water partition coefficient (Wildman–Crippen LogP) is 37.9. The number of oxazole rings is 2. The Morgan fingerprint density at radius 3 is 1.12 bits per heavy atom. The van der Waals surface area contributed by atoms with Gasteiger partial charge in [-0.2, -0.15) is 9.47 Å². The van der Waals surface area contributed by atoms with Crippen molar-refractivity contribution in [2.24, 2.45) is 62.8 Å². The molecular weight excluding hydrogens is 1920 g/mol. The molecule has 0 saturated carbocycles. The summed E-state index contributed by atoms with van der Waals surface area (Å²) in [6.07, 6.45) is 9.40. The standard InChI is InChI=1S/2C13H24N2S.4C12H21NOS.3C12H21NS2/c1-12(2,3)9-16-11-14-8-10(15(11)7)13(4,5)6;1-12(2,3)9-16-11-8-10(13(4,5)6)15(7)14-11;1-11(2,3)8-15-10-13-9(7-14-10)12(4,5)6;1-11(2,3)8-15-10-13-7-9(14-10)12(4,5)6;1-11(2,3)8-15-10-9(7-14-13-10)12(4,5)6;1-11(2,3)8-15-10-7-9(14-13-10)12(4,5)6;1-11(2,3)8-15-10-13-9(7-14-10)12(4,5)6;1-11(2,3)8-14-10-13-7-9(15-10)12(4,5)6;1-11(2,3)8-14-10-9(7-15-13-10)12(4,5)6/h2*8H,9H2,1-7H3;7*7H,8H2,1-6H3. The lowest BCUT2D eigenvalue weighted by atomic mass is 9.90. The van der Waals surface area contributed by atoms with Crippen LogP contribution in [0.15, 0.2) is 116 Å². The molecule has 0 saturated heterocycles. The van der Waals surface area contributed by atoms with Crippen molar-refractivity contribution in [2.45, 2.75) is 467 Å². The molecule has 9 aromatic heterocycles. The van der Waals surface area contributed by atoms with Crippen LogP contribution in [0.2, 0.25) is 0 Å². The first-order chi connectivity index (χ1) is 61.0. The van der Waals surface area contributed by atoms with Crippen LogP contribution in [0.5, 0.6) is 0 Å². The van der Waals surface area contributed by atoms with Gasteiger partial charge in [0.05, 0.1) is 17.6 Å². The fourth-order valence-electron chi connectivity index (χ4n) is 10.00. The number of hydrogen-bond donors (Lipinski definition) is 0. The van der Waals surface area contributed by atoms with Crippen molar-refractivity contribution in [2.75, 3.05) is 51.8 Å². The molecule has 0 N–H and O–H groups in total. The van der Waals surface area contributed by atoms with E-state index < -0.39 is 0 Å². The van der Waals surface area contributed by atoms with Gasteiger partial charge in [0.1, 0.15) is 52.8 Å². The summed E-state index contributed by atoms with van der Waals surface area (Å²) < 4.78 is 32.6. The second-order valence-electron chi connectivity index (χ2n) is 55.9. The molecule has 0 aromatic carbocycles. The van der Waals surface area contributed by atoms with E-state index in [-0.39, 0.29) is 48.7 Å². The fourth-order valence-corrected chi connectivity index (χ4v) is 22.1. The summed E-state index contributed by atoms with van der Waals surface area (Å²) in [4.78, 5) is 23.8. The highest BCUT2D eigenvalue weighted by atomic mass is 32.2. The number of nitrogens with zero attached hydrogens (tertiary/aromatic N) is 11. The Labute approximate surface area is 889 Å². The molecule has 15 nitrogen and oxygen atoms in total. The van der Waals surface area contributed by atoms with E-state index in [4.69, 9.17) is 17.9 Å². The van der Waals surface area contributed by atoms with Crippen molar-refractivity contribution < 1.29 is 17.9 Å². The zero-order chi connectivity index (χ0) is 107. The van der Waals surface area contributed by atoms with E-state index in [9.17, 15) is 0 Å². The van der Waals surface area contributed by atoms with Crippen molar-refractivity contribution in [1.29, 1.82) is 0 Å². The van der Waals surface area contributed by atoms with Gasteiger partial charge in [-0.05, 0) is 82.6 Å². The molecule has 0 radical (unpaired) electrons. The first-order valence-electron chi connectivity index (χ1n) is 48.5. The van der Waals surface area contributed by atoms with Crippen molar-refractivity contribution in [3.05, 3.63) is 104 Å². The molecule has 0 amide bonds. The van der Waals surface area contributed by atoms with E-state index in [0.717, 1.165) is 99.7 Å². The smallest absolute Gasteiger partial charge is 0.255 e. The minimum absolute atomic E-state index is 0.0491. The maximum Gasteiger partial charge on any atom is 0.255 e. The van der Waals surface area contributed by atoms with Gasteiger partial charge in [0.15, 0.2) is 5.16 Å². The number of hydrogen-bond acceptors (Lipinski definition) is 25. The van der Waals surface area contributed by atoms with Crippen molar-refractivity contribution in [3.8, 4) is 0 Å². The topological polar surface area (TPSA) is 178 Å². The number of thiazole rings is 2. The van der Waals surface area contributed by atoms with Crippen molar-refractivity contribution in [1.82, 2.24) is 54.0 Å². The van der Waals surface area contributed by atoms with Crippen LogP contribution in [0.1, 0.15) is 424 Å². The molecule has 0 aliphatic carbocycles.